The minimum atomic E-state index is -3.62. The van der Waals surface area contributed by atoms with Gasteiger partial charge in [0.05, 0.1) is 10.8 Å². The number of carboxylic acids is 1. The van der Waals surface area contributed by atoms with Crippen LogP contribution in [0.4, 0.5) is 0 Å². The summed E-state index contributed by atoms with van der Waals surface area (Å²) >= 11 is 0. The van der Waals surface area contributed by atoms with Crippen LogP contribution in [0, 0.1) is 11.8 Å². The van der Waals surface area contributed by atoms with Crippen LogP contribution in [0.25, 0.3) is 0 Å². The predicted molar refractivity (Wildman–Crippen MR) is 86.0 cm³/mol. The van der Waals surface area contributed by atoms with Crippen LogP contribution in [-0.4, -0.2) is 38.0 Å². The molecule has 0 unspecified atom stereocenters. The molecule has 0 aromatic heterocycles. The molecule has 7 nitrogen and oxygen atoms in total. The summed E-state index contributed by atoms with van der Waals surface area (Å²) < 4.78 is 27.0. The third kappa shape index (κ3) is 3.93. The minimum Gasteiger partial charge on any atom is -0.481 e. The second-order valence-corrected chi connectivity index (χ2v) is 8.27. The van der Waals surface area contributed by atoms with E-state index in [0.29, 0.717) is 25.3 Å². The molecule has 2 saturated carbocycles. The number of aliphatic carboxylic acids is 1. The maximum Gasteiger partial charge on any atom is 0.306 e. The van der Waals surface area contributed by atoms with Crippen molar-refractivity contribution < 1.29 is 23.1 Å². The van der Waals surface area contributed by atoms with E-state index in [-0.39, 0.29) is 22.4 Å². The Kier molecular flexibility index (Phi) is 4.60. The van der Waals surface area contributed by atoms with Gasteiger partial charge in [0.2, 0.25) is 10.0 Å². The smallest absolute Gasteiger partial charge is 0.306 e. The molecule has 1 aromatic carbocycles. The van der Waals surface area contributed by atoms with E-state index >= 15 is 0 Å². The van der Waals surface area contributed by atoms with Gasteiger partial charge in [-0.25, -0.2) is 13.1 Å². The molecular formula is C16H20N2O5S. The van der Waals surface area contributed by atoms with Gasteiger partial charge in [0.25, 0.3) is 5.91 Å². The van der Waals surface area contributed by atoms with Gasteiger partial charge >= 0.3 is 5.97 Å². The fourth-order valence-electron chi connectivity index (χ4n) is 2.64. The molecule has 1 amide bonds. The average Bonchev–Trinajstić information content (AvgIpc) is 3.32. The lowest BCUT2D eigenvalue weighted by atomic mass is 9.80. The van der Waals surface area contributed by atoms with Crippen LogP contribution in [0.5, 0.6) is 0 Å². The first-order valence-electron chi connectivity index (χ1n) is 7.98. The standard InChI is InChI=1S/C16H20N2O5S/c19-15(18-13-6-12(7-13)16(20)21)11-2-1-3-14(8-11)24(22,23)17-9-10-4-5-10/h1-3,8,10,12-13,17H,4-7,9H2,(H,18,19)(H,20,21). The second kappa shape index (κ2) is 6.52. The molecule has 2 fully saturated rings. The summed E-state index contributed by atoms with van der Waals surface area (Å²) in [6.07, 6.45) is 2.90. The highest BCUT2D eigenvalue weighted by atomic mass is 32.2. The largest absolute Gasteiger partial charge is 0.481 e. The zero-order chi connectivity index (χ0) is 17.3. The molecule has 0 bridgehead atoms. The molecule has 0 aliphatic heterocycles. The van der Waals surface area contributed by atoms with Gasteiger partial charge in [-0.1, -0.05) is 6.07 Å². The van der Waals surface area contributed by atoms with Crippen molar-refractivity contribution in [2.75, 3.05) is 6.54 Å². The highest BCUT2D eigenvalue weighted by molar-refractivity contribution is 7.89. The summed E-state index contributed by atoms with van der Waals surface area (Å²) in [4.78, 5) is 23.0. The van der Waals surface area contributed by atoms with Crippen molar-refractivity contribution in [2.45, 2.75) is 36.6 Å². The number of sulfonamides is 1. The SMILES string of the molecule is O=C(NC1CC(C(=O)O)C1)c1cccc(S(=O)(=O)NCC2CC2)c1. The van der Waals surface area contributed by atoms with Gasteiger partial charge in [-0.05, 0) is 49.8 Å². The van der Waals surface area contributed by atoms with E-state index in [9.17, 15) is 18.0 Å². The van der Waals surface area contributed by atoms with E-state index in [0.717, 1.165) is 12.8 Å². The number of nitrogens with one attached hydrogen (secondary N) is 2. The number of hydrogen-bond donors (Lipinski definition) is 3. The van der Waals surface area contributed by atoms with Crippen LogP contribution in [0.15, 0.2) is 29.2 Å². The fourth-order valence-corrected chi connectivity index (χ4v) is 3.81. The molecular weight excluding hydrogens is 332 g/mol. The number of carbonyl (C=O) groups is 2. The van der Waals surface area contributed by atoms with Crippen molar-refractivity contribution in [3.05, 3.63) is 29.8 Å². The Bertz CT molecular complexity index is 751. The molecule has 1 aromatic rings. The molecule has 2 aliphatic carbocycles. The summed E-state index contributed by atoms with van der Waals surface area (Å²) in [6.45, 7) is 0.428. The van der Waals surface area contributed by atoms with E-state index in [1.54, 1.807) is 6.07 Å². The summed E-state index contributed by atoms with van der Waals surface area (Å²) in [6, 6.07) is 5.70. The van der Waals surface area contributed by atoms with Gasteiger partial charge in [-0.3, -0.25) is 9.59 Å². The summed E-state index contributed by atoms with van der Waals surface area (Å²) in [5, 5.41) is 11.6. The van der Waals surface area contributed by atoms with E-state index in [1.807, 2.05) is 0 Å². The summed E-state index contributed by atoms with van der Waals surface area (Å²) in [5.41, 5.74) is 0.253. The van der Waals surface area contributed by atoms with Gasteiger partial charge in [-0.15, -0.1) is 0 Å². The monoisotopic (exact) mass is 352 g/mol. The highest BCUT2D eigenvalue weighted by Crippen LogP contribution is 2.29. The second-order valence-electron chi connectivity index (χ2n) is 6.50. The number of carboxylic acid groups (broad SMARTS) is 1. The van der Waals surface area contributed by atoms with Crippen molar-refractivity contribution in [1.29, 1.82) is 0 Å². The Balaban J connectivity index is 1.62. The molecule has 2 aliphatic rings. The molecule has 0 saturated heterocycles. The Hall–Kier alpha value is -1.93. The Labute approximate surface area is 140 Å². The van der Waals surface area contributed by atoms with Crippen molar-refractivity contribution in [2.24, 2.45) is 11.8 Å². The molecule has 24 heavy (non-hydrogen) atoms. The first-order chi connectivity index (χ1) is 11.3. The van der Waals surface area contributed by atoms with Crippen LogP contribution < -0.4 is 10.0 Å². The quantitative estimate of drug-likeness (QED) is 0.677. The maximum absolute atomic E-state index is 12.2. The molecule has 0 heterocycles. The maximum atomic E-state index is 12.2. The third-order valence-corrected chi connectivity index (χ3v) is 5.91. The minimum absolute atomic E-state index is 0.0628. The van der Waals surface area contributed by atoms with Crippen LogP contribution in [0.2, 0.25) is 0 Å². The van der Waals surface area contributed by atoms with Gasteiger partial charge in [0.15, 0.2) is 0 Å². The van der Waals surface area contributed by atoms with Gasteiger partial charge in [-0.2, -0.15) is 0 Å². The van der Waals surface area contributed by atoms with E-state index < -0.39 is 21.9 Å². The van der Waals surface area contributed by atoms with Crippen LogP contribution in [0.3, 0.4) is 0 Å². The van der Waals surface area contributed by atoms with Crippen LogP contribution in [0.1, 0.15) is 36.0 Å². The number of rotatable bonds is 7. The number of carbonyl (C=O) groups excluding carboxylic acids is 1. The molecule has 0 atom stereocenters. The Morgan fingerprint density at radius 1 is 1.21 bits per heavy atom. The lowest BCUT2D eigenvalue weighted by Gasteiger charge is -2.32. The van der Waals surface area contributed by atoms with Crippen molar-refractivity contribution in [3.8, 4) is 0 Å². The van der Waals surface area contributed by atoms with E-state index in [1.165, 1.54) is 18.2 Å². The van der Waals surface area contributed by atoms with Crippen LogP contribution >= 0.6 is 0 Å². The molecule has 130 valence electrons. The summed E-state index contributed by atoms with van der Waals surface area (Å²) in [5.74, 6) is -1.22. The Morgan fingerprint density at radius 2 is 1.92 bits per heavy atom. The van der Waals surface area contributed by atoms with Gasteiger partial charge in [0, 0.05) is 18.2 Å². The molecule has 8 heteroatoms. The number of benzene rings is 1. The summed E-state index contributed by atoms with van der Waals surface area (Å²) in [7, 11) is -3.62. The van der Waals surface area contributed by atoms with Crippen molar-refractivity contribution >= 4 is 21.9 Å². The van der Waals surface area contributed by atoms with Gasteiger partial charge in [0.1, 0.15) is 0 Å². The normalized spacial score (nSPS) is 23.3. The zero-order valence-corrected chi connectivity index (χ0v) is 13.9. The van der Waals surface area contributed by atoms with Gasteiger partial charge < -0.3 is 10.4 Å². The number of amides is 1. The zero-order valence-electron chi connectivity index (χ0n) is 13.1. The van der Waals surface area contributed by atoms with Crippen molar-refractivity contribution in [1.82, 2.24) is 10.0 Å². The molecule has 3 N–H and O–H groups in total. The molecule has 3 rings (SSSR count). The lowest BCUT2D eigenvalue weighted by Crippen LogP contribution is -2.46. The average molecular weight is 352 g/mol. The first-order valence-corrected chi connectivity index (χ1v) is 9.47. The van der Waals surface area contributed by atoms with E-state index in [2.05, 4.69) is 10.0 Å². The lowest BCUT2D eigenvalue weighted by molar-refractivity contribution is -0.145. The van der Waals surface area contributed by atoms with Crippen LogP contribution in [-0.2, 0) is 14.8 Å². The third-order valence-electron chi connectivity index (χ3n) is 4.49. The predicted octanol–water partition coefficient (Wildman–Crippen LogP) is 0.968. The highest BCUT2D eigenvalue weighted by Gasteiger charge is 2.35. The molecule has 0 radical (unpaired) electrons. The topological polar surface area (TPSA) is 113 Å². The fraction of sp³-hybridized carbons (Fsp3) is 0.500. The van der Waals surface area contributed by atoms with E-state index in [4.69, 9.17) is 5.11 Å². The number of hydrogen-bond acceptors (Lipinski definition) is 4. The van der Waals surface area contributed by atoms with Crippen molar-refractivity contribution in [3.63, 3.8) is 0 Å². The Morgan fingerprint density at radius 3 is 2.54 bits per heavy atom. The molecule has 0 spiro atoms. The first kappa shape index (κ1) is 16.9.